The zero-order valence-electron chi connectivity index (χ0n) is 21.2. The molecule has 1 aliphatic rings. The van der Waals surface area contributed by atoms with Crippen molar-refractivity contribution in [2.45, 2.75) is 39.4 Å². The van der Waals surface area contributed by atoms with Gasteiger partial charge in [0.1, 0.15) is 30.8 Å². The Labute approximate surface area is 228 Å². The van der Waals surface area contributed by atoms with E-state index in [0.717, 1.165) is 31.5 Å². The van der Waals surface area contributed by atoms with Crippen molar-refractivity contribution < 1.29 is 9.47 Å². The number of nitrogen functional groups attached to an aromatic ring is 1. The molecule has 2 heterocycles. The zero-order chi connectivity index (χ0) is 26.9. The van der Waals surface area contributed by atoms with Crippen LogP contribution in [0.5, 0.6) is 5.75 Å². The van der Waals surface area contributed by atoms with Gasteiger partial charge in [-0.25, -0.2) is 0 Å². The van der Waals surface area contributed by atoms with Gasteiger partial charge in [-0.05, 0) is 58.0 Å². The van der Waals surface area contributed by atoms with E-state index < -0.39 is 0 Å². The van der Waals surface area contributed by atoms with Crippen LogP contribution < -0.4 is 10.5 Å². The number of pyridine rings is 1. The molecule has 0 unspecified atom stereocenters. The zero-order valence-corrected chi connectivity index (χ0v) is 22.7. The molecular formula is C28H31Cl2N5O2. The Morgan fingerprint density at radius 2 is 1.89 bits per heavy atom. The summed E-state index contributed by atoms with van der Waals surface area (Å²) < 4.78 is 11.8. The maximum Gasteiger partial charge on any atom is 0.120 e. The molecule has 3 N–H and O–H groups in total. The van der Waals surface area contributed by atoms with Crippen LogP contribution in [0.3, 0.4) is 0 Å². The molecule has 1 fully saturated rings. The minimum atomic E-state index is 0.0752. The number of hydrogen-bond donors (Lipinski definition) is 2. The van der Waals surface area contributed by atoms with Crippen LogP contribution in [0, 0.1) is 16.7 Å². The summed E-state index contributed by atoms with van der Waals surface area (Å²) in [4.78, 5) is 6.21. The summed E-state index contributed by atoms with van der Waals surface area (Å²) in [6, 6.07) is 7.26. The van der Waals surface area contributed by atoms with E-state index in [4.69, 9.17) is 43.8 Å². The van der Waals surface area contributed by atoms with Crippen molar-refractivity contribution in [3.8, 4) is 11.8 Å². The van der Waals surface area contributed by atoms with E-state index in [9.17, 15) is 5.26 Å². The highest BCUT2D eigenvalue weighted by molar-refractivity contribution is 6.35. The smallest absolute Gasteiger partial charge is 0.120 e. The van der Waals surface area contributed by atoms with Gasteiger partial charge in [-0.2, -0.15) is 5.26 Å². The number of hydrogen-bond acceptors (Lipinski definition) is 7. The molecule has 1 saturated heterocycles. The summed E-state index contributed by atoms with van der Waals surface area (Å²) in [6.07, 6.45) is 9.88. The normalized spacial score (nSPS) is 15.1. The number of nitrogens with zero attached hydrogens (tertiary/aromatic N) is 3. The molecule has 1 aliphatic heterocycles. The first kappa shape index (κ1) is 28.3. The van der Waals surface area contributed by atoms with E-state index in [1.165, 1.54) is 18.7 Å². The Morgan fingerprint density at radius 1 is 1.22 bits per heavy atom. The monoisotopic (exact) mass is 539 g/mol. The van der Waals surface area contributed by atoms with Crippen molar-refractivity contribution in [3.05, 3.63) is 86.9 Å². The van der Waals surface area contributed by atoms with Crippen molar-refractivity contribution in [3.63, 3.8) is 0 Å². The predicted octanol–water partition coefficient (Wildman–Crippen LogP) is 6.33. The average Bonchev–Trinajstić information content (AvgIpc) is 2.86. The van der Waals surface area contributed by atoms with Crippen molar-refractivity contribution in [1.29, 1.82) is 10.7 Å². The van der Waals surface area contributed by atoms with Crippen LogP contribution in [0.2, 0.25) is 10.0 Å². The van der Waals surface area contributed by atoms with Crippen LogP contribution in [-0.2, 0) is 11.3 Å². The summed E-state index contributed by atoms with van der Waals surface area (Å²) in [5, 5.41) is 19.5. The van der Waals surface area contributed by atoms with Gasteiger partial charge in [0, 0.05) is 47.9 Å². The predicted molar refractivity (Wildman–Crippen MR) is 149 cm³/mol. The molecule has 0 saturated carbocycles. The summed E-state index contributed by atoms with van der Waals surface area (Å²) >= 11 is 12.4. The van der Waals surface area contributed by atoms with E-state index >= 15 is 0 Å². The molecule has 37 heavy (non-hydrogen) atoms. The third kappa shape index (κ3) is 8.09. The molecule has 194 valence electrons. The van der Waals surface area contributed by atoms with Gasteiger partial charge in [0.2, 0.25) is 0 Å². The van der Waals surface area contributed by atoms with Crippen LogP contribution in [-0.4, -0.2) is 41.8 Å². The van der Waals surface area contributed by atoms with Gasteiger partial charge in [0.25, 0.3) is 0 Å². The number of anilines is 1. The lowest BCUT2D eigenvalue weighted by Gasteiger charge is -2.28. The number of allylic oxidation sites excluding steroid dienone is 5. The van der Waals surface area contributed by atoms with Gasteiger partial charge in [0.05, 0.1) is 21.3 Å². The Morgan fingerprint density at radius 3 is 2.51 bits per heavy atom. The third-order valence-electron chi connectivity index (χ3n) is 5.86. The van der Waals surface area contributed by atoms with Crippen LogP contribution >= 0.6 is 23.2 Å². The minimum absolute atomic E-state index is 0.0752. The van der Waals surface area contributed by atoms with Crippen LogP contribution in [0.1, 0.15) is 37.8 Å². The SMILES string of the molecule is CC(C)=C/C(=C\C(C#N)=C\OC1CCN(C)CC1)C(=N)c1cc(OCc2c(Cl)cncc2Cl)ccc1N. The van der Waals surface area contributed by atoms with Crippen LogP contribution in [0.15, 0.2) is 65.7 Å². The summed E-state index contributed by atoms with van der Waals surface area (Å²) in [7, 11) is 2.09. The van der Waals surface area contributed by atoms with Gasteiger partial charge < -0.3 is 20.1 Å². The Balaban J connectivity index is 1.84. The Bertz CT molecular complexity index is 1250. The number of benzene rings is 1. The number of likely N-dealkylation sites (tertiary alicyclic amines) is 1. The summed E-state index contributed by atoms with van der Waals surface area (Å²) in [5.74, 6) is 0.496. The third-order valence-corrected chi connectivity index (χ3v) is 6.51. The standard InChI is InChI=1S/C28H31Cl2N5O2/c1-18(2)10-20(11-19(13-31)16-36-21-6-8-35(3)9-7-21)28(33)23-12-22(4-5-27(23)32)37-17-24-25(29)14-34-15-26(24)30/h4-5,10-12,14-16,21,33H,6-9,17,32H2,1-3H3/b19-16-,20-11+,33-28?. The second kappa shape index (κ2) is 13.3. The molecule has 0 spiro atoms. The van der Waals surface area contributed by atoms with Gasteiger partial charge >= 0.3 is 0 Å². The molecule has 1 aromatic heterocycles. The summed E-state index contributed by atoms with van der Waals surface area (Å²) in [6.45, 7) is 5.90. The molecule has 0 radical (unpaired) electrons. The molecule has 0 amide bonds. The number of ether oxygens (including phenoxy) is 2. The summed E-state index contributed by atoms with van der Waals surface area (Å²) in [5.41, 5.74) is 9.73. The maximum absolute atomic E-state index is 9.74. The van der Waals surface area contributed by atoms with E-state index in [0.29, 0.717) is 43.8 Å². The molecule has 0 aliphatic carbocycles. The van der Waals surface area contributed by atoms with Crippen molar-refractivity contribution in [2.75, 3.05) is 25.9 Å². The number of piperidine rings is 1. The highest BCUT2D eigenvalue weighted by atomic mass is 35.5. The lowest BCUT2D eigenvalue weighted by molar-refractivity contribution is 0.0762. The number of rotatable bonds is 9. The second-order valence-electron chi connectivity index (χ2n) is 9.14. The van der Waals surface area contributed by atoms with Crippen molar-refractivity contribution >= 4 is 34.6 Å². The maximum atomic E-state index is 9.74. The van der Waals surface area contributed by atoms with E-state index in [-0.39, 0.29) is 18.4 Å². The fourth-order valence-electron chi connectivity index (χ4n) is 3.78. The molecule has 3 rings (SSSR count). The first-order valence-corrected chi connectivity index (χ1v) is 12.6. The van der Waals surface area contributed by atoms with E-state index in [1.54, 1.807) is 24.3 Å². The van der Waals surface area contributed by atoms with E-state index in [2.05, 4.69) is 23.0 Å². The number of nitrogens with two attached hydrogens (primary N) is 1. The molecule has 2 aromatic rings. The lowest BCUT2D eigenvalue weighted by Crippen LogP contribution is -2.33. The second-order valence-corrected chi connectivity index (χ2v) is 9.95. The van der Waals surface area contributed by atoms with Crippen molar-refractivity contribution in [1.82, 2.24) is 9.88 Å². The number of aromatic nitrogens is 1. The number of nitrogens with one attached hydrogen (secondary N) is 1. The fraction of sp³-hybridized carbons (Fsp3) is 0.321. The minimum Gasteiger partial charge on any atom is -0.497 e. The Kier molecular flexibility index (Phi) is 10.2. The number of nitriles is 1. The molecule has 0 atom stereocenters. The van der Waals surface area contributed by atoms with Gasteiger partial charge in [-0.3, -0.25) is 10.4 Å². The van der Waals surface area contributed by atoms with Gasteiger partial charge in [-0.15, -0.1) is 0 Å². The van der Waals surface area contributed by atoms with Gasteiger partial charge in [-0.1, -0.05) is 34.9 Å². The molecule has 1 aromatic carbocycles. The van der Waals surface area contributed by atoms with Crippen LogP contribution in [0.25, 0.3) is 0 Å². The molecule has 7 nitrogen and oxygen atoms in total. The van der Waals surface area contributed by atoms with Crippen molar-refractivity contribution in [2.24, 2.45) is 0 Å². The quantitative estimate of drug-likeness (QED) is 0.127. The molecule has 9 heteroatoms. The first-order chi connectivity index (χ1) is 17.7. The highest BCUT2D eigenvalue weighted by Crippen LogP contribution is 2.28. The highest BCUT2D eigenvalue weighted by Gasteiger charge is 2.17. The lowest BCUT2D eigenvalue weighted by atomic mass is 9.97. The molecular weight excluding hydrogens is 509 g/mol. The fourth-order valence-corrected chi connectivity index (χ4v) is 4.25. The van der Waals surface area contributed by atoms with E-state index in [1.807, 2.05) is 19.9 Å². The topological polar surface area (TPSA) is 108 Å². The van der Waals surface area contributed by atoms with Gasteiger partial charge in [0.15, 0.2) is 0 Å². The largest absolute Gasteiger partial charge is 0.497 e. The first-order valence-electron chi connectivity index (χ1n) is 11.9. The Hall–Kier alpha value is -3.31. The molecule has 0 bridgehead atoms. The average molecular weight is 540 g/mol. The van der Waals surface area contributed by atoms with Crippen LogP contribution in [0.4, 0.5) is 5.69 Å². The number of halogens is 2.